The topological polar surface area (TPSA) is 35.1 Å². The highest BCUT2D eigenvalue weighted by Gasteiger charge is 2.09. The van der Waals surface area contributed by atoms with Crippen molar-refractivity contribution < 1.29 is 0 Å². The maximum absolute atomic E-state index is 4.36. The van der Waals surface area contributed by atoms with Gasteiger partial charge in [-0.2, -0.15) is 0 Å². The summed E-state index contributed by atoms with van der Waals surface area (Å²) >= 11 is 0. The molecule has 0 aliphatic carbocycles. The molecule has 4 nitrogen and oxygen atoms in total. The summed E-state index contributed by atoms with van der Waals surface area (Å²) < 4.78 is 4.17. The van der Waals surface area contributed by atoms with Crippen molar-refractivity contribution in [2.24, 2.45) is 0 Å². The van der Waals surface area contributed by atoms with Crippen molar-refractivity contribution in [3.05, 3.63) is 30.7 Å². The van der Waals surface area contributed by atoms with E-state index in [2.05, 4.69) is 31.9 Å². The van der Waals surface area contributed by atoms with Crippen LogP contribution in [0.25, 0.3) is 16.9 Å². The Morgan fingerprint density at radius 2 is 2.21 bits per heavy atom. The lowest BCUT2D eigenvalue weighted by Gasteiger charge is -1.96. The molecule has 3 rings (SSSR count). The standard InChI is InChI=1S/C10H10N4/c1-2-13-9-8(4-3-5-11-9)14-7-6-12-10(13)14/h3-7H,2H2,1H3. The molecule has 0 bridgehead atoms. The van der Waals surface area contributed by atoms with Crippen LogP contribution in [0.1, 0.15) is 6.92 Å². The van der Waals surface area contributed by atoms with Gasteiger partial charge < -0.3 is 0 Å². The largest absolute Gasteiger partial charge is 0.295 e. The number of hydrogen-bond acceptors (Lipinski definition) is 2. The number of imidazole rings is 2. The maximum atomic E-state index is 4.36. The highest BCUT2D eigenvalue weighted by Crippen LogP contribution is 2.16. The number of rotatable bonds is 1. The zero-order chi connectivity index (χ0) is 9.54. The Kier molecular flexibility index (Phi) is 1.39. The van der Waals surface area contributed by atoms with E-state index in [0.29, 0.717) is 0 Å². The van der Waals surface area contributed by atoms with Crippen LogP contribution in [0.4, 0.5) is 0 Å². The van der Waals surface area contributed by atoms with Gasteiger partial charge in [0.1, 0.15) is 0 Å². The molecule has 0 atom stereocenters. The molecule has 0 saturated heterocycles. The minimum atomic E-state index is 0.890. The molecule has 0 aliphatic rings. The van der Waals surface area contributed by atoms with Gasteiger partial charge in [0.15, 0.2) is 5.65 Å². The molecule has 0 aliphatic heterocycles. The predicted molar refractivity (Wildman–Crippen MR) is 54.2 cm³/mol. The average molecular weight is 186 g/mol. The third-order valence-electron chi connectivity index (χ3n) is 2.46. The molecule has 14 heavy (non-hydrogen) atoms. The van der Waals surface area contributed by atoms with Gasteiger partial charge in [0.2, 0.25) is 5.78 Å². The third kappa shape index (κ3) is 0.775. The lowest BCUT2D eigenvalue weighted by molar-refractivity contribution is 0.798. The van der Waals surface area contributed by atoms with Gasteiger partial charge in [0, 0.05) is 25.1 Å². The van der Waals surface area contributed by atoms with Gasteiger partial charge >= 0.3 is 0 Å². The van der Waals surface area contributed by atoms with Crippen molar-refractivity contribution in [1.29, 1.82) is 0 Å². The van der Waals surface area contributed by atoms with Crippen molar-refractivity contribution in [2.75, 3.05) is 0 Å². The summed E-state index contributed by atoms with van der Waals surface area (Å²) in [7, 11) is 0. The fourth-order valence-corrected chi connectivity index (χ4v) is 1.85. The summed E-state index contributed by atoms with van der Waals surface area (Å²) in [6, 6.07) is 4.00. The van der Waals surface area contributed by atoms with Crippen LogP contribution in [0.3, 0.4) is 0 Å². The summed E-state index contributed by atoms with van der Waals surface area (Å²) in [6.45, 7) is 2.99. The molecular formula is C10H10N4. The van der Waals surface area contributed by atoms with Crippen LogP contribution in [0.15, 0.2) is 30.7 Å². The summed E-state index contributed by atoms with van der Waals surface area (Å²) in [6.07, 6.45) is 5.59. The van der Waals surface area contributed by atoms with Crippen LogP contribution in [-0.2, 0) is 6.54 Å². The SMILES string of the molecule is CCn1c2ncccc2n2ccnc12. The number of pyridine rings is 1. The van der Waals surface area contributed by atoms with Crippen molar-refractivity contribution in [1.82, 2.24) is 18.9 Å². The predicted octanol–water partition coefficient (Wildman–Crippen LogP) is 1.70. The van der Waals surface area contributed by atoms with Gasteiger partial charge in [-0.05, 0) is 19.1 Å². The summed E-state index contributed by atoms with van der Waals surface area (Å²) in [5.41, 5.74) is 2.11. The number of nitrogens with zero attached hydrogens (tertiary/aromatic N) is 4. The van der Waals surface area contributed by atoms with Crippen molar-refractivity contribution in [2.45, 2.75) is 13.5 Å². The van der Waals surface area contributed by atoms with Crippen LogP contribution < -0.4 is 0 Å². The quantitative estimate of drug-likeness (QED) is 0.579. The molecule has 0 N–H and O–H groups in total. The zero-order valence-electron chi connectivity index (χ0n) is 7.88. The second-order valence-corrected chi connectivity index (χ2v) is 3.19. The lowest BCUT2D eigenvalue weighted by Crippen LogP contribution is -1.95. The van der Waals surface area contributed by atoms with Gasteiger partial charge in [0.25, 0.3) is 0 Å². The zero-order valence-corrected chi connectivity index (χ0v) is 7.88. The Balaban J connectivity index is 2.62. The Hall–Kier alpha value is -1.84. The Labute approximate surface area is 80.8 Å². The number of fused-ring (bicyclic) bond motifs is 3. The molecule has 0 radical (unpaired) electrons. The average Bonchev–Trinajstić information content (AvgIpc) is 2.77. The van der Waals surface area contributed by atoms with E-state index in [1.807, 2.05) is 24.7 Å². The second-order valence-electron chi connectivity index (χ2n) is 3.19. The van der Waals surface area contributed by atoms with Gasteiger partial charge in [0.05, 0.1) is 5.52 Å². The first-order valence-electron chi connectivity index (χ1n) is 4.68. The molecule has 3 heterocycles. The molecule has 70 valence electrons. The van der Waals surface area contributed by atoms with Crippen molar-refractivity contribution in [3.8, 4) is 0 Å². The van der Waals surface area contributed by atoms with E-state index in [1.165, 1.54) is 0 Å². The molecule has 4 heteroatoms. The molecule has 0 saturated carbocycles. The van der Waals surface area contributed by atoms with Gasteiger partial charge in [-0.25, -0.2) is 9.97 Å². The molecule has 0 amide bonds. The van der Waals surface area contributed by atoms with E-state index in [4.69, 9.17) is 0 Å². The van der Waals surface area contributed by atoms with Crippen LogP contribution >= 0.6 is 0 Å². The van der Waals surface area contributed by atoms with Gasteiger partial charge in [-0.1, -0.05) is 0 Å². The summed E-state index contributed by atoms with van der Waals surface area (Å²) in [5.74, 6) is 0.959. The van der Waals surface area contributed by atoms with E-state index in [-0.39, 0.29) is 0 Å². The monoisotopic (exact) mass is 186 g/mol. The number of aromatic nitrogens is 4. The number of hydrogen-bond donors (Lipinski definition) is 0. The van der Waals surface area contributed by atoms with Crippen LogP contribution in [0.5, 0.6) is 0 Å². The van der Waals surface area contributed by atoms with E-state index in [9.17, 15) is 0 Å². The lowest BCUT2D eigenvalue weighted by atomic mass is 10.4. The molecular weight excluding hydrogens is 176 g/mol. The summed E-state index contributed by atoms with van der Waals surface area (Å²) in [4.78, 5) is 8.68. The molecule has 3 aromatic rings. The minimum absolute atomic E-state index is 0.890. The smallest absolute Gasteiger partial charge is 0.216 e. The van der Waals surface area contributed by atoms with Crippen molar-refractivity contribution in [3.63, 3.8) is 0 Å². The van der Waals surface area contributed by atoms with Crippen LogP contribution in [0.2, 0.25) is 0 Å². The highest BCUT2D eigenvalue weighted by molar-refractivity contribution is 5.76. The Morgan fingerprint density at radius 3 is 3.07 bits per heavy atom. The van der Waals surface area contributed by atoms with Gasteiger partial charge in [-0.3, -0.25) is 8.97 Å². The fourth-order valence-electron chi connectivity index (χ4n) is 1.85. The Morgan fingerprint density at radius 1 is 1.29 bits per heavy atom. The van der Waals surface area contributed by atoms with Crippen LogP contribution in [-0.4, -0.2) is 18.9 Å². The molecule has 0 fully saturated rings. The molecule has 0 unspecified atom stereocenters. The highest BCUT2D eigenvalue weighted by atomic mass is 15.2. The van der Waals surface area contributed by atoms with Crippen LogP contribution in [0, 0.1) is 0 Å². The maximum Gasteiger partial charge on any atom is 0.216 e. The first kappa shape index (κ1) is 7.55. The Bertz CT molecular complexity index is 590. The number of aryl methyl sites for hydroxylation is 1. The first-order valence-corrected chi connectivity index (χ1v) is 4.68. The molecule has 0 spiro atoms. The third-order valence-corrected chi connectivity index (χ3v) is 2.46. The van der Waals surface area contributed by atoms with E-state index >= 15 is 0 Å². The normalized spacial score (nSPS) is 11.5. The van der Waals surface area contributed by atoms with Gasteiger partial charge in [-0.15, -0.1) is 0 Å². The molecule has 0 aromatic carbocycles. The van der Waals surface area contributed by atoms with Crippen molar-refractivity contribution >= 4 is 16.9 Å². The van der Waals surface area contributed by atoms with E-state index in [0.717, 1.165) is 23.5 Å². The second kappa shape index (κ2) is 2.57. The summed E-state index contributed by atoms with van der Waals surface area (Å²) in [5, 5.41) is 0. The fraction of sp³-hybridized carbons (Fsp3) is 0.200. The van der Waals surface area contributed by atoms with E-state index in [1.54, 1.807) is 0 Å². The minimum Gasteiger partial charge on any atom is -0.295 e. The van der Waals surface area contributed by atoms with E-state index < -0.39 is 0 Å². The first-order chi connectivity index (χ1) is 6.92. The molecule has 3 aromatic heterocycles.